The van der Waals surface area contributed by atoms with Crippen molar-refractivity contribution in [1.29, 1.82) is 0 Å². The van der Waals surface area contributed by atoms with Crippen LogP contribution in [0.3, 0.4) is 0 Å². The van der Waals surface area contributed by atoms with Gasteiger partial charge in [0.1, 0.15) is 18.3 Å². The summed E-state index contributed by atoms with van der Waals surface area (Å²) < 4.78 is 4.99. The largest absolute Gasteiger partial charge is 0.481 e. The molecule has 0 unspecified atom stereocenters. The minimum absolute atomic E-state index is 0.0326. The lowest BCUT2D eigenvalue weighted by Gasteiger charge is -2.18. The van der Waals surface area contributed by atoms with E-state index in [0.29, 0.717) is 0 Å². The summed E-state index contributed by atoms with van der Waals surface area (Å²) in [5.41, 5.74) is 0.353. The Labute approximate surface area is 149 Å². The third-order valence-corrected chi connectivity index (χ3v) is 3.25. The van der Waals surface area contributed by atoms with Crippen LogP contribution in [0.25, 0.3) is 0 Å². The summed E-state index contributed by atoms with van der Waals surface area (Å²) in [5.74, 6) is -3.37. The number of aliphatic carboxylic acids is 2. The van der Waals surface area contributed by atoms with Gasteiger partial charge in [0.05, 0.1) is 0 Å². The predicted molar refractivity (Wildman–Crippen MR) is 90.0 cm³/mol. The lowest BCUT2D eigenvalue weighted by atomic mass is 10.1. The zero-order valence-electron chi connectivity index (χ0n) is 14.1. The maximum atomic E-state index is 12.2. The molecule has 1 rings (SSSR count). The van der Waals surface area contributed by atoms with Crippen LogP contribution in [-0.2, 0) is 25.7 Å². The number of ether oxygens (including phenoxy) is 1. The van der Waals surface area contributed by atoms with Crippen LogP contribution in [0, 0.1) is 0 Å². The van der Waals surface area contributed by atoms with Gasteiger partial charge in [0, 0.05) is 6.42 Å². The molecular formula is C17H20N2O7. The first-order chi connectivity index (χ1) is 12.3. The van der Waals surface area contributed by atoms with E-state index in [9.17, 15) is 19.2 Å². The molecule has 9 heteroatoms. The van der Waals surface area contributed by atoms with Crippen LogP contribution in [0.1, 0.15) is 25.3 Å². The minimum Gasteiger partial charge on any atom is -0.481 e. The average molecular weight is 364 g/mol. The molecule has 0 saturated carbocycles. The van der Waals surface area contributed by atoms with Gasteiger partial charge in [-0.3, -0.25) is 9.59 Å². The van der Waals surface area contributed by atoms with Crippen LogP contribution in [0.4, 0.5) is 4.79 Å². The fourth-order valence-electron chi connectivity index (χ4n) is 1.91. The number of nitrogens with one attached hydrogen (secondary N) is 2. The van der Waals surface area contributed by atoms with E-state index in [-0.39, 0.29) is 18.7 Å². The fraction of sp³-hybridized carbons (Fsp3) is 0.294. The van der Waals surface area contributed by atoms with Crippen LogP contribution in [0.5, 0.6) is 0 Å². The van der Waals surface area contributed by atoms with E-state index < -0.39 is 36.4 Å². The van der Waals surface area contributed by atoms with Crippen molar-refractivity contribution in [2.24, 2.45) is 0 Å². The highest BCUT2D eigenvalue weighted by atomic mass is 16.5. The van der Waals surface area contributed by atoms with Crippen LogP contribution in [0.15, 0.2) is 42.1 Å². The number of carbonyl (C=O) groups is 4. The molecule has 140 valence electrons. The highest BCUT2D eigenvalue weighted by Crippen LogP contribution is 2.04. The van der Waals surface area contributed by atoms with Crippen LogP contribution in [0.2, 0.25) is 0 Å². The third-order valence-electron chi connectivity index (χ3n) is 3.25. The highest BCUT2D eigenvalue weighted by molar-refractivity contribution is 5.95. The van der Waals surface area contributed by atoms with E-state index >= 15 is 0 Å². The van der Waals surface area contributed by atoms with Gasteiger partial charge < -0.3 is 25.6 Å². The van der Waals surface area contributed by atoms with E-state index in [2.05, 4.69) is 10.6 Å². The quantitative estimate of drug-likeness (QED) is 0.483. The maximum Gasteiger partial charge on any atom is 0.408 e. The van der Waals surface area contributed by atoms with Crippen LogP contribution >= 0.6 is 0 Å². The number of alkyl carbamates (subject to hydrolysis) is 1. The highest BCUT2D eigenvalue weighted by Gasteiger charge is 2.24. The van der Waals surface area contributed by atoms with Crippen molar-refractivity contribution in [3.05, 3.63) is 47.7 Å². The first-order valence-electron chi connectivity index (χ1n) is 7.73. The van der Waals surface area contributed by atoms with Gasteiger partial charge >= 0.3 is 18.0 Å². The topological polar surface area (TPSA) is 142 Å². The number of amides is 2. The molecule has 1 atom stereocenters. The van der Waals surface area contributed by atoms with Gasteiger partial charge in [0.25, 0.3) is 0 Å². The summed E-state index contributed by atoms with van der Waals surface area (Å²) in [5, 5.41) is 22.1. The van der Waals surface area contributed by atoms with Crippen molar-refractivity contribution in [3.8, 4) is 0 Å². The molecule has 0 bridgehead atoms. The fourth-order valence-corrected chi connectivity index (χ4v) is 1.91. The molecule has 9 nitrogen and oxygen atoms in total. The van der Waals surface area contributed by atoms with Crippen LogP contribution < -0.4 is 10.6 Å². The molecule has 0 radical (unpaired) electrons. The first-order valence-corrected chi connectivity index (χ1v) is 7.73. The number of carboxylic acids is 2. The summed E-state index contributed by atoms with van der Waals surface area (Å²) in [7, 11) is 0. The van der Waals surface area contributed by atoms with E-state index in [1.165, 1.54) is 13.0 Å². The van der Waals surface area contributed by atoms with Gasteiger partial charge in [0.2, 0.25) is 5.91 Å². The minimum atomic E-state index is -1.36. The molecular weight excluding hydrogens is 344 g/mol. The number of rotatable bonds is 9. The molecule has 0 fully saturated rings. The van der Waals surface area contributed by atoms with Gasteiger partial charge in [-0.25, -0.2) is 9.59 Å². The van der Waals surface area contributed by atoms with Crippen molar-refractivity contribution in [2.75, 3.05) is 0 Å². The molecule has 0 saturated heterocycles. The molecule has 2 amide bonds. The van der Waals surface area contributed by atoms with Gasteiger partial charge in [-0.05, 0) is 18.9 Å². The molecule has 0 aliphatic heterocycles. The summed E-state index contributed by atoms with van der Waals surface area (Å²) >= 11 is 0. The van der Waals surface area contributed by atoms with Gasteiger partial charge in [-0.2, -0.15) is 0 Å². The summed E-state index contributed by atoms with van der Waals surface area (Å²) in [6, 6.07) is 7.56. The molecule has 26 heavy (non-hydrogen) atoms. The number of hydrogen-bond acceptors (Lipinski definition) is 5. The summed E-state index contributed by atoms with van der Waals surface area (Å²) in [4.78, 5) is 45.7. The Morgan fingerprint density at radius 3 is 2.35 bits per heavy atom. The molecule has 0 aliphatic rings. The zero-order chi connectivity index (χ0) is 19.5. The maximum absolute atomic E-state index is 12.2. The lowest BCUT2D eigenvalue weighted by Crippen LogP contribution is -2.47. The Hall–Kier alpha value is -3.36. The van der Waals surface area contributed by atoms with E-state index in [1.807, 2.05) is 0 Å². The monoisotopic (exact) mass is 364 g/mol. The number of carboxylic acid groups (broad SMARTS) is 2. The Morgan fingerprint density at radius 2 is 1.81 bits per heavy atom. The number of carbonyl (C=O) groups excluding carboxylic acids is 2. The Balaban J connectivity index is 2.69. The Morgan fingerprint density at radius 1 is 1.15 bits per heavy atom. The molecule has 0 spiro atoms. The van der Waals surface area contributed by atoms with Gasteiger partial charge in [-0.15, -0.1) is 0 Å². The Bertz CT molecular complexity index is 686. The SMILES string of the molecule is C/C=C(\NC(=O)[C@H](CCC(=O)O)NC(=O)OCc1ccccc1)C(=O)O. The second kappa shape index (κ2) is 10.5. The van der Waals surface area contributed by atoms with Gasteiger partial charge in [0.15, 0.2) is 0 Å². The normalized spacial score (nSPS) is 12.0. The smallest absolute Gasteiger partial charge is 0.408 e. The standard InChI is InChI=1S/C17H20N2O7/c1-2-12(16(23)24)18-15(22)13(8-9-14(20)21)19-17(25)26-10-11-6-4-3-5-7-11/h2-7,13H,8-10H2,1H3,(H,18,22)(H,19,25)(H,20,21)(H,23,24)/b12-2-/t13-/m0/s1. The summed E-state index contributed by atoms with van der Waals surface area (Å²) in [6.07, 6.45) is -0.368. The molecule has 4 N–H and O–H groups in total. The van der Waals surface area contributed by atoms with E-state index in [1.54, 1.807) is 30.3 Å². The lowest BCUT2D eigenvalue weighted by molar-refractivity contribution is -0.138. The van der Waals surface area contributed by atoms with Crippen molar-refractivity contribution in [2.45, 2.75) is 32.4 Å². The molecule has 0 heterocycles. The van der Waals surface area contributed by atoms with E-state index in [0.717, 1.165) is 5.56 Å². The molecule has 0 aromatic heterocycles. The number of allylic oxidation sites excluding steroid dienone is 1. The second-order valence-electron chi connectivity index (χ2n) is 5.19. The molecule has 1 aromatic carbocycles. The first kappa shape index (κ1) is 20.7. The Kier molecular flexibility index (Phi) is 8.35. The van der Waals surface area contributed by atoms with Crippen LogP contribution in [-0.4, -0.2) is 40.2 Å². The van der Waals surface area contributed by atoms with Crippen molar-refractivity contribution >= 4 is 23.9 Å². The number of benzene rings is 1. The van der Waals surface area contributed by atoms with Crippen molar-refractivity contribution in [3.63, 3.8) is 0 Å². The molecule has 1 aromatic rings. The van der Waals surface area contributed by atoms with E-state index in [4.69, 9.17) is 14.9 Å². The van der Waals surface area contributed by atoms with Crippen molar-refractivity contribution < 1.29 is 34.1 Å². The molecule has 0 aliphatic carbocycles. The van der Waals surface area contributed by atoms with Gasteiger partial charge in [-0.1, -0.05) is 36.4 Å². The summed E-state index contributed by atoms with van der Waals surface area (Å²) in [6.45, 7) is 1.38. The second-order valence-corrected chi connectivity index (χ2v) is 5.19. The predicted octanol–water partition coefficient (Wildman–Crippen LogP) is 1.25. The number of hydrogen-bond donors (Lipinski definition) is 4. The van der Waals surface area contributed by atoms with Crippen molar-refractivity contribution in [1.82, 2.24) is 10.6 Å². The average Bonchev–Trinajstić information content (AvgIpc) is 2.61. The zero-order valence-corrected chi connectivity index (χ0v) is 14.1. The third kappa shape index (κ3) is 7.47.